The van der Waals surface area contributed by atoms with Crippen molar-refractivity contribution in [3.05, 3.63) is 0 Å². The molecule has 0 radical (unpaired) electrons. The van der Waals surface area contributed by atoms with E-state index in [-0.39, 0.29) is 0 Å². The van der Waals surface area contributed by atoms with Gasteiger partial charge in [0.1, 0.15) is 0 Å². The van der Waals surface area contributed by atoms with Crippen LogP contribution in [0.25, 0.3) is 0 Å². The summed E-state index contributed by atoms with van der Waals surface area (Å²) < 4.78 is 0. The summed E-state index contributed by atoms with van der Waals surface area (Å²) in [5.41, 5.74) is 0. The van der Waals surface area contributed by atoms with Crippen LogP contribution in [0.4, 0.5) is 0 Å². The standard InChI is InChI=1S/C6H17NO2Si/c1-7(2)5-3-4-6-10(8)9/h8-10H,3-6H2,1-2H3. The Kier molecular flexibility index (Phi) is 5.91. The van der Waals surface area contributed by atoms with Crippen LogP contribution >= 0.6 is 0 Å². The quantitative estimate of drug-likeness (QED) is 0.425. The van der Waals surface area contributed by atoms with Gasteiger partial charge in [0.15, 0.2) is 0 Å². The summed E-state index contributed by atoms with van der Waals surface area (Å²) in [6, 6.07) is 0.633. The highest BCUT2D eigenvalue weighted by atomic mass is 28.3. The molecule has 0 aromatic heterocycles. The van der Waals surface area contributed by atoms with Crippen molar-refractivity contribution in [3.63, 3.8) is 0 Å². The van der Waals surface area contributed by atoms with Crippen molar-refractivity contribution in [2.24, 2.45) is 0 Å². The Morgan fingerprint density at radius 3 is 2.20 bits per heavy atom. The molecule has 0 aliphatic carbocycles. The third-order valence-electron chi connectivity index (χ3n) is 1.32. The summed E-state index contributed by atoms with van der Waals surface area (Å²) in [5, 5.41) is 0. The lowest BCUT2D eigenvalue weighted by Gasteiger charge is -2.08. The van der Waals surface area contributed by atoms with E-state index in [1.165, 1.54) is 0 Å². The molecule has 0 heterocycles. The molecular formula is C6H17NO2Si. The fourth-order valence-electron chi connectivity index (χ4n) is 0.755. The van der Waals surface area contributed by atoms with E-state index in [0.717, 1.165) is 19.4 Å². The van der Waals surface area contributed by atoms with Crippen LogP contribution in [0, 0.1) is 0 Å². The molecule has 0 aliphatic rings. The molecule has 0 atom stereocenters. The first-order valence-corrected chi connectivity index (χ1v) is 5.48. The molecule has 2 N–H and O–H groups in total. The van der Waals surface area contributed by atoms with E-state index in [2.05, 4.69) is 4.90 Å². The molecule has 3 nitrogen and oxygen atoms in total. The van der Waals surface area contributed by atoms with Crippen LogP contribution in [0.3, 0.4) is 0 Å². The summed E-state index contributed by atoms with van der Waals surface area (Å²) in [6.45, 7) is 1.04. The van der Waals surface area contributed by atoms with Gasteiger partial charge in [0.05, 0.1) is 0 Å². The fourth-order valence-corrected chi connectivity index (χ4v) is 1.41. The van der Waals surface area contributed by atoms with Crippen LogP contribution in [0.5, 0.6) is 0 Å². The summed E-state index contributed by atoms with van der Waals surface area (Å²) in [6.07, 6.45) is 2.01. The second kappa shape index (κ2) is 5.85. The third-order valence-corrected chi connectivity index (χ3v) is 2.24. The molecule has 0 spiro atoms. The molecule has 0 aliphatic heterocycles. The lowest BCUT2D eigenvalue weighted by molar-refractivity contribution is 0.381. The van der Waals surface area contributed by atoms with Crippen molar-refractivity contribution in [1.82, 2.24) is 4.90 Å². The van der Waals surface area contributed by atoms with Gasteiger partial charge in [0.2, 0.25) is 0 Å². The van der Waals surface area contributed by atoms with E-state index >= 15 is 0 Å². The van der Waals surface area contributed by atoms with Crippen molar-refractivity contribution >= 4 is 9.28 Å². The van der Waals surface area contributed by atoms with E-state index in [1.807, 2.05) is 14.1 Å². The second-order valence-electron chi connectivity index (χ2n) is 2.78. The first kappa shape index (κ1) is 10.1. The highest BCUT2D eigenvalue weighted by molar-refractivity contribution is 6.40. The maximum absolute atomic E-state index is 8.60. The topological polar surface area (TPSA) is 43.7 Å². The Morgan fingerprint density at radius 1 is 1.20 bits per heavy atom. The Bertz CT molecular complexity index is 68.1. The summed E-state index contributed by atoms with van der Waals surface area (Å²) in [5.74, 6) is 0. The number of hydrogen-bond donors (Lipinski definition) is 2. The van der Waals surface area contributed by atoms with E-state index in [0.29, 0.717) is 6.04 Å². The SMILES string of the molecule is CN(C)CCCC[SiH](O)O. The molecule has 4 heteroatoms. The van der Waals surface area contributed by atoms with E-state index in [9.17, 15) is 0 Å². The van der Waals surface area contributed by atoms with Crippen LogP contribution in [0.2, 0.25) is 6.04 Å². The minimum Gasteiger partial charge on any atom is -0.413 e. The maximum Gasteiger partial charge on any atom is 0.315 e. The van der Waals surface area contributed by atoms with Gasteiger partial charge in [-0.1, -0.05) is 6.42 Å². The molecule has 0 amide bonds. The molecule has 0 aromatic carbocycles. The van der Waals surface area contributed by atoms with Crippen LogP contribution in [0.1, 0.15) is 12.8 Å². The predicted octanol–water partition coefficient (Wildman–Crippen LogP) is -0.467. The van der Waals surface area contributed by atoms with Crippen molar-refractivity contribution in [2.75, 3.05) is 20.6 Å². The summed E-state index contributed by atoms with van der Waals surface area (Å²) >= 11 is 0. The molecular weight excluding hydrogens is 146 g/mol. The monoisotopic (exact) mass is 163 g/mol. The molecule has 10 heavy (non-hydrogen) atoms. The molecule has 0 bridgehead atoms. The van der Waals surface area contributed by atoms with Crippen LogP contribution < -0.4 is 0 Å². The zero-order valence-electron chi connectivity index (χ0n) is 6.75. The smallest absolute Gasteiger partial charge is 0.315 e. The van der Waals surface area contributed by atoms with E-state index in [1.54, 1.807) is 0 Å². The minimum atomic E-state index is -2.25. The average Bonchev–Trinajstić information content (AvgIpc) is 1.79. The van der Waals surface area contributed by atoms with Crippen LogP contribution in [-0.2, 0) is 0 Å². The van der Waals surface area contributed by atoms with Crippen LogP contribution in [0.15, 0.2) is 0 Å². The van der Waals surface area contributed by atoms with E-state index in [4.69, 9.17) is 9.59 Å². The molecule has 0 unspecified atom stereocenters. The predicted molar refractivity (Wildman–Crippen MR) is 44.2 cm³/mol. The van der Waals surface area contributed by atoms with Gasteiger partial charge >= 0.3 is 9.28 Å². The van der Waals surface area contributed by atoms with Crippen molar-refractivity contribution in [2.45, 2.75) is 18.9 Å². The summed E-state index contributed by atoms with van der Waals surface area (Å²) in [4.78, 5) is 19.3. The molecule has 62 valence electrons. The fraction of sp³-hybridized carbons (Fsp3) is 1.00. The van der Waals surface area contributed by atoms with Gasteiger partial charge < -0.3 is 14.5 Å². The first-order chi connectivity index (χ1) is 4.63. The van der Waals surface area contributed by atoms with Crippen molar-refractivity contribution in [1.29, 1.82) is 0 Å². The molecule has 0 fully saturated rings. The lowest BCUT2D eigenvalue weighted by atomic mass is 10.3. The van der Waals surface area contributed by atoms with Crippen LogP contribution in [-0.4, -0.2) is 44.4 Å². The minimum absolute atomic E-state index is 0.633. The van der Waals surface area contributed by atoms with Gasteiger partial charge in [-0.05, 0) is 33.1 Å². The van der Waals surface area contributed by atoms with E-state index < -0.39 is 9.28 Å². The van der Waals surface area contributed by atoms with Gasteiger partial charge in [0.25, 0.3) is 0 Å². The largest absolute Gasteiger partial charge is 0.413 e. The lowest BCUT2D eigenvalue weighted by Crippen LogP contribution is -2.15. The first-order valence-electron chi connectivity index (χ1n) is 3.64. The zero-order chi connectivity index (χ0) is 7.98. The normalized spacial score (nSPS) is 11.4. The number of hydrogen-bond acceptors (Lipinski definition) is 3. The molecule has 0 saturated heterocycles. The number of nitrogens with zero attached hydrogens (tertiary/aromatic N) is 1. The molecule has 0 aromatic rings. The summed E-state index contributed by atoms with van der Waals surface area (Å²) in [7, 11) is 1.79. The van der Waals surface area contributed by atoms with Gasteiger partial charge in [-0.15, -0.1) is 0 Å². The van der Waals surface area contributed by atoms with Crippen molar-refractivity contribution < 1.29 is 9.59 Å². The highest BCUT2D eigenvalue weighted by Crippen LogP contribution is 1.97. The van der Waals surface area contributed by atoms with Gasteiger partial charge in [-0.2, -0.15) is 0 Å². The molecule has 0 rings (SSSR count). The van der Waals surface area contributed by atoms with Gasteiger partial charge in [-0.3, -0.25) is 0 Å². The third kappa shape index (κ3) is 8.10. The maximum atomic E-state index is 8.60. The second-order valence-corrected chi connectivity index (χ2v) is 4.32. The Morgan fingerprint density at radius 2 is 1.80 bits per heavy atom. The van der Waals surface area contributed by atoms with Gasteiger partial charge in [0, 0.05) is 0 Å². The highest BCUT2D eigenvalue weighted by Gasteiger charge is 2.00. The number of rotatable bonds is 5. The van der Waals surface area contributed by atoms with Crippen molar-refractivity contribution in [3.8, 4) is 0 Å². The van der Waals surface area contributed by atoms with Gasteiger partial charge in [-0.25, -0.2) is 0 Å². The Hall–Kier alpha value is 0.0969. The number of unbranched alkanes of at least 4 members (excludes halogenated alkanes) is 1. The zero-order valence-corrected chi connectivity index (χ0v) is 7.90. The Balaban J connectivity index is 2.91. The molecule has 0 saturated carbocycles. The Labute approximate surface area is 64.1 Å². The average molecular weight is 163 g/mol.